The van der Waals surface area contributed by atoms with Crippen molar-refractivity contribution in [2.45, 2.75) is 12.2 Å². The van der Waals surface area contributed by atoms with Crippen molar-refractivity contribution in [1.82, 2.24) is 19.9 Å². The molecule has 0 aliphatic rings. The number of ether oxygens (including phenoxy) is 2. The highest BCUT2D eigenvalue weighted by Gasteiger charge is 2.27. The Morgan fingerprint density at radius 1 is 0.769 bits per heavy atom. The number of aromatic amines is 2. The second-order valence-electron chi connectivity index (χ2n) is 5.85. The second-order valence-corrected chi connectivity index (χ2v) is 5.85. The third kappa shape index (κ3) is 2.56. The molecule has 0 amide bonds. The molecule has 2 aromatic carbocycles. The average molecular weight is 354 g/mol. The lowest BCUT2D eigenvalue weighted by Crippen LogP contribution is -2.13. The van der Waals surface area contributed by atoms with Gasteiger partial charge < -0.3 is 29.7 Å². The van der Waals surface area contributed by atoms with Crippen LogP contribution in [0.5, 0.6) is 11.5 Å². The minimum atomic E-state index is -1.29. The molecule has 0 aliphatic carbocycles. The normalized spacial score (nSPS) is 13.8. The maximum atomic E-state index is 10.6. The van der Waals surface area contributed by atoms with Gasteiger partial charge in [-0.2, -0.15) is 0 Å². The van der Waals surface area contributed by atoms with Gasteiger partial charge >= 0.3 is 0 Å². The van der Waals surface area contributed by atoms with Gasteiger partial charge in [0.05, 0.1) is 25.3 Å². The summed E-state index contributed by atoms with van der Waals surface area (Å²) >= 11 is 0. The van der Waals surface area contributed by atoms with E-state index in [0.29, 0.717) is 33.6 Å². The molecule has 8 heteroatoms. The minimum absolute atomic E-state index is 0.226. The predicted molar refractivity (Wildman–Crippen MR) is 95.2 cm³/mol. The SMILES string of the molecule is COc1cccc2[nH]c([C@H](O)[C@@H](O)c3nc4c(OC)cccc4[nH]3)nc12. The molecule has 4 N–H and O–H groups in total. The number of aliphatic hydroxyl groups is 2. The number of hydrogen-bond acceptors (Lipinski definition) is 6. The van der Waals surface area contributed by atoms with Crippen LogP contribution in [0.15, 0.2) is 36.4 Å². The number of para-hydroxylation sites is 2. The van der Waals surface area contributed by atoms with Crippen molar-refractivity contribution in [3.8, 4) is 11.5 Å². The molecule has 134 valence electrons. The molecule has 0 radical (unpaired) electrons. The Morgan fingerprint density at radius 3 is 1.58 bits per heavy atom. The highest BCUT2D eigenvalue weighted by molar-refractivity contribution is 5.82. The number of nitrogens with zero attached hydrogens (tertiary/aromatic N) is 2. The van der Waals surface area contributed by atoms with Gasteiger partial charge in [0.25, 0.3) is 0 Å². The van der Waals surface area contributed by atoms with Crippen molar-refractivity contribution in [1.29, 1.82) is 0 Å². The molecule has 8 nitrogen and oxygen atoms in total. The molecule has 4 aromatic rings. The van der Waals surface area contributed by atoms with Crippen molar-refractivity contribution in [2.24, 2.45) is 0 Å². The molecule has 2 aromatic heterocycles. The summed E-state index contributed by atoms with van der Waals surface area (Å²) in [5, 5.41) is 21.2. The van der Waals surface area contributed by atoms with Gasteiger partial charge in [0.15, 0.2) is 0 Å². The lowest BCUT2D eigenvalue weighted by molar-refractivity contribution is 0.00778. The fourth-order valence-corrected chi connectivity index (χ4v) is 2.96. The number of aromatic nitrogens is 4. The number of nitrogens with one attached hydrogen (secondary N) is 2. The van der Waals surface area contributed by atoms with Crippen LogP contribution < -0.4 is 9.47 Å². The van der Waals surface area contributed by atoms with Gasteiger partial charge in [-0.05, 0) is 24.3 Å². The minimum Gasteiger partial charge on any atom is -0.494 e. The molecule has 26 heavy (non-hydrogen) atoms. The molecular formula is C18H18N4O4. The lowest BCUT2D eigenvalue weighted by Gasteiger charge is -2.13. The molecule has 4 rings (SSSR count). The van der Waals surface area contributed by atoms with E-state index in [0.717, 1.165) is 0 Å². The van der Waals surface area contributed by atoms with Gasteiger partial charge in [0.2, 0.25) is 0 Å². The number of aliphatic hydroxyl groups excluding tert-OH is 2. The summed E-state index contributed by atoms with van der Waals surface area (Å²) in [6, 6.07) is 10.8. The van der Waals surface area contributed by atoms with E-state index in [-0.39, 0.29) is 11.6 Å². The van der Waals surface area contributed by atoms with Gasteiger partial charge in [0, 0.05) is 0 Å². The summed E-state index contributed by atoms with van der Waals surface area (Å²) in [7, 11) is 3.10. The Kier molecular flexibility index (Phi) is 3.98. The molecule has 2 heterocycles. The van der Waals surface area contributed by atoms with Crippen LogP contribution >= 0.6 is 0 Å². The topological polar surface area (TPSA) is 116 Å². The molecule has 0 fully saturated rings. The molecule has 0 aliphatic heterocycles. The largest absolute Gasteiger partial charge is 0.494 e. The van der Waals surface area contributed by atoms with E-state index < -0.39 is 12.2 Å². The van der Waals surface area contributed by atoms with Crippen molar-refractivity contribution in [3.05, 3.63) is 48.0 Å². The van der Waals surface area contributed by atoms with E-state index in [4.69, 9.17) is 9.47 Å². The van der Waals surface area contributed by atoms with E-state index in [2.05, 4.69) is 19.9 Å². The fourth-order valence-electron chi connectivity index (χ4n) is 2.96. The van der Waals surface area contributed by atoms with Crippen LogP contribution in [0.1, 0.15) is 23.9 Å². The zero-order chi connectivity index (χ0) is 18.3. The first-order valence-corrected chi connectivity index (χ1v) is 8.03. The number of methoxy groups -OCH3 is 2. The average Bonchev–Trinajstić information content (AvgIpc) is 3.30. The first-order valence-electron chi connectivity index (χ1n) is 8.03. The molecule has 0 bridgehead atoms. The zero-order valence-electron chi connectivity index (χ0n) is 14.2. The first-order chi connectivity index (χ1) is 12.6. The third-order valence-corrected chi connectivity index (χ3v) is 4.29. The van der Waals surface area contributed by atoms with Crippen molar-refractivity contribution < 1.29 is 19.7 Å². The predicted octanol–water partition coefficient (Wildman–Crippen LogP) is 2.22. The standard InChI is InChI=1S/C18H18N4O4/c1-25-11-7-3-5-9-13(11)21-17(19-9)15(23)16(24)18-20-10-6-4-8-12(26-2)14(10)22-18/h3-8,15-16,23-24H,1-2H3,(H,19,21)(H,20,22)/t15-,16-/m1/s1. The molecule has 0 spiro atoms. The summed E-state index contributed by atoms with van der Waals surface area (Å²) in [6.07, 6.45) is -2.59. The Balaban J connectivity index is 1.71. The van der Waals surface area contributed by atoms with Crippen molar-refractivity contribution >= 4 is 22.1 Å². The molecule has 0 unspecified atom stereocenters. The number of hydrogen-bond donors (Lipinski definition) is 4. The summed E-state index contributed by atoms with van der Waals surface area (Å²) in [5.41, 5.74) is 2.58. The Morgan fingerprint density at radius 2 is 1.19 bits per heavy atom. The van der Waals surface area contributed by atoms with E-state index in [1.807, 2.05) is 24.3 Å². The van der Waals surface area contributed by atoms with Gasteiger partial charge in [-0.1, -0.05) is 12.1 Å². The highest BCUT2D eigenvalue weighted by atomic mass is 16.5. The Bertz CT molecular complexity index is 986. The molecule has 0 saturated carbocycles. The van der Waals surface area contributed by atoms with E-state index in [1.54, 1.807) is 26.4 Å². The van der Waals surface area contributed by atoms with E-state index in [1.165, 1.54) is 0 Å². The maximum absolute atomic E-state index is 10.6. The monoisotopic (exact) mass is 354 g/mol. The fraction of sp³-hybridized carbons (Fsp3) is 0.222. The first kappa shape index (κ1) is 16.4. The summed E-state index contributed by atoms with van der Waals surface area (Å²) in [4.78, 5) is 14.7. The quantitative estimate of drug-likeness (QED) is 0.437. The number of rotatable bonds is 5. The maximum Gasteiger partial charge on any atom is 0.146 e. The summed E-state index contributed by atoms with van der Waals surface area (Å²) in [5.74, 6) is 1.62. The molecule has 0 saturated heterocycles. The Hall–Kier alpha value is -3.10. The van der Waals surface area contributed by atoms with Crippen LogP contribution in [-0.2, 0) is 0 Å². The highest BCUT2D eigenvalue weighted by Crippen LogP contribution is 2.32. The second kappa shape index (κ2) is 6.32. The van der Waals surface area contributed by atoms with Crippen LogP contribution in [0.25, 0.3) is 22.1 Å². The van der Waals surface area contributed by atoms with Crippen molar-refractivity contribution in [3.63, 3.8) is 0 Å². The Labute approximate surface area is 148 Å². The molecular weight excluding hydrogens is 336 g/mol. The smallest absolute Gasteiger partial charge is 0.146 e. The summed E-state index contributed by atoms with van der Waals surface area (Å²) in [6.45, 7) is 0. The van der Waals surface area contributed by atoms with Crippen molar-refractivity contribution in [2.75, 3.05) is 14.2 Å². The van der Waals surface area contributed by atoms with Crippen LogP contribution in [0, 0.1) is 0 Å². The molecule has 2 atom stereocenters. The number of benzene rings is 2. The third-order valence-electron chi connectivity index (χ3n) is 4.29. The van der Waals surface area contributed by atoms with Crippen LogP contribution in [-0.4, -0.2) is 44.4 Å². The van der Waals surface area contributed by atoms with Crippen LogP contribution in [0.2, 0.25) is 0 Å². The zero-order valence-corrected chi connectivity index (χ0v) is 14.2. The van der Waals surface area contributed by atoms with Gasteiger partial charge in [-0.25, -0.2) is 9.97 Å². The van der Waals surface area contributed by atoms with Gasteiger partial charge in [-0.3, -0.25) is 0 Å². The lowest BCUT2D eigenvalue weighted by atomic mass is 10.2. The van der Waals surface area contributed by atoms with Crippen LogP contribution in [0.3, 0.4) is 0 Å². The van der Waals surface area contributed by atoms with Crippen LogP contribution in [0.4, 0.5) is 0 Å². The van der Waals surface area contributed by atoms with E-state index in [9.17, 15) is 10.2 Å². The van der Waals surface area contributed by atoms with E-state index >= 15 is 0 Å². The number of H-pyrrole nitrogens is 2. The van der Waals surface area contributed by atoms with Gasteiger partial charge in [-0.15, -0.1) is 0 Å². The number of fused-ring (bicyclic) bond motifs is 2. The number of imidazole rings is 2. The van der Waals surface area contributed by atoms with Gasteiger partial charge in [0.1, 0.15) is 46.4 Å². The summed E-state index contributed by atoms with van der Waals surface area (Å²) < 4.78 is 10.5.